The second kappa shape index (κ2) is 6.57. The Balaban J connectivity index is 2.12. The molecule has 3 nitrogen and oxygen atoms in total. The summed E-state index contributed by atoms with van der Waals surface area (Å²) in [5.74, 6) is -0.0725. The van der Waals surface area contributed by atoms with Crippen molar-refractivity contribution in [1.29, 1.82) is 0 Å². The molecule has 2 rings (SSSR count). The van der Waals surface area contributed by atoms with E-state index in [9.17, 15) is 4.79 Å². The SMILES string of the molecule is CNC(=O)c1ccc(C)c(NCc2ccc(Br)cc2)c1. The predicted octanol–water partition coefficient (Wildman–Crippen LogP) is 3.73. The van der Waals surface area contributed by atoms with Crippen LogP contribution >= 0.6 is 15.9 Å². The molecular weight excluding hydrogens is 316 g/mol. The lowest BCUT2D eigenvalue weighted by molar-refractivity contribution is 0.0963. The lowest BCUT2D eigenvalue weighted by atomic mass is 10.1. The average molecular weight is 333 g/mol. The second-order valence-corrected chi connectivity index (χ2v) is 5.50. The minimum absolute atomic E-state index is 0.0725. The molecule has 0 heterocycles. The van der Waals surface area contributed by atoms with Crippen LogP contribution in [0.3, 0.4) is 0 Å². The van der Waals surface area contributed by atoms with Gasteiger partial charge in [0.05, 0.1) is 0 Å². The molecule has 0 aromatic heterocycles. The Kier molecular flexibility index (Phi) is 4.79. The van der Waals surface area contributed by atoms with Gasteiger partial charge in [-0.15, -0.1) is 0 Å². The maximum atomic E-state index is 11.6. The van der Waals surface area contributed by atoms with Crippen LogP contribution in [0.1, 0.15) is 21.5 Å². The number of benzene rings is 2. The van der Waals surface area contributed by atoms with E-state index in [-0.39, 0.29) is 5.91 Å². The smallest absolute Gasteiger partial charge is 0.251 e. The first-order chi connectivity index (χ1) is 9.60. The summed E-state index contributed by atoms with van der Waals surface area (Å²) in [4.78, 5) is 11.6. The standard InChI is InChI=1S/C16H17BrN2O/c1-11-3-6-13(16(20)18-2)9-15(11)19-10-12-4-7-14(17)8-5-12/h3-9,19H,10H2,1-2H3,(H,18,20). The van der Waals surface area contributed by atoms with Crippen molar-refractivity contribution in [2.24, 2.45) is 0 Å². The Morgan fingerprint density at radius 1 is 1.15 bits per heavy atom. The average Bonchev–Trinajstić information content (AvgIpc) is 2.47. The van der Waals surface area contributed by atoms with Crippen molar-refractivity contribution in [2.45, 2.75) is 13.5 Å². The zero-order chi connectivity index (χ0) is 14.5. The molecule has 0 fully saturated rings. The van der Waals surface area contributed by atoms with E-state index in [1.807, 2.05) is 37.3 Å². The Bertz CT molecular complexity index is 608. The summed E-state index contributed by atoms with van der Waals surface area (Å²) in [7, 11) is 1.64. The number of anilines is 1. The van der Waals surface area contributed by atoms with Crippen molar-refractivity contribution in [3.8, 4) is 0 Å². The first-order valence-electron chi connectivity index (χ1n) is 6.41. The zero-order valence-corrected chi connectivity index (χ0v) is 13.1. The molecule has 0 spiro atoms. The van der Waals surface area contributed by atoms with Crippen molar-refractivity contribution in [1.82, 2.24) is 5.32 Å². The fraction of sp³-hybridized carbons (Fsp3) is 0.188. The normalized spacial score (nSPS) is 10.2. The van der Waals surface area contributed by atoms with Crippen LogP contribution in [-0.2, 0) is 6.54 Å². The van der Waals surface area contributed by atoms with E-state index < -0.39 is 0 Å². The van der Waals surface area contributed by atoms with Crippen molar-refractivity contribution < 1.29 is 4.79 Å². The highest BCUT2D eigenvalue weighted by atomic mass is 79.9. The number of halogens is 1. The quantitative estimate of drug-likeness (QED) is 0.895. The maximum Gasteiger partial charge on any atom is 0.251 e. The Morgan fingerprint density at radius 2 is 1.85 bits per heavy atom. The Morgan fingerprint density at radius 3 is 2.50 bits per heavy atom. The summed E-state index contributed by atoms with van der Waals surface area (Å²) in [6, 6.07) is 13.8. The first-order valence-corrected chi connectivity index (χ1v) is 7.20. The lowest BCUT2D eigenvalue weighted by Gasteiger charge is -2.11. The molecule has 1 amide bonds. The van der Waals surface area contributed by atoms with Crippen molar-refractivity contribution >= 4 is 27.5 Å². The first kappa shape index (κ1) is 14.6. The molecule has 0 saturated heterocycles. The van der Waals surface area contributed by atoms with Crippen LogP contribution in [0.5, 0.6) is 0 Å². The van der Waals surface area contributed by atoms with E-state index in [0.29, 0.717) is 5.56 Å². The van der Waals surface area contributed by atoms with Gasteiger partial charge in [-0.05, 0) is 42.3 Å². The van der Waals surface area contributed by atoms with Gasteiger partial charge < -0.3 is 10.6 Å². The Labute approximate surface area is 127 Å². The van der Waals surface area contributed by atoms with E-state index in [4.69, 9.17) is 0 Å². The predicted molar refractivity (Wildman–Crippen MR) is 86.0 cm³/mol. The van der Waals surface area contributed by atoms with Crippen LogP contribution in [0.25, 0.3) is 0 Å². The van der Waals surface area contributed by atoms with E-state index in [1.165, 1.54) is 5.56 Å². The highest BCUT2D eigenvalue weighted by Gasteiger charge is 2.06. The van der Waals surface area contributed by atoms with E-state index in [0.717, 1.165) is 22.3 Å². The van der Waals surface area contributed by atoms with Gasteiger partial charge in [0.1, 0.15) is 0 Å². The second-order valence-electron chi connectivity index (χ2n) is 4.59. The van der Waals surface area contributed by atoms with E-state index in [2.05, 4.69) is 38.7 Å². The molecular formula is C16H17BrN2O. The van der Waals surface area contributed by atoms with Gasteiger partial charge in [0.2, 0.25) is 0 Å². The van der Waals surface area contributed by atoms with Crippen LogP contribution in [0.4, 0.5) is 5.69 Å². The monoisotopic (exact) mass is 332 g/mol. The minimum atomic E-state index is -0.0725. The van der Waals surface area contributed by atoms with Gasteiger partial charge in [-0.2, -0.15) is 0 Å². The lowest BCUT2D eigenvalue weighted by Crippen LogP contribution is -2.18. The largest absolute Gasteiger partial charge is 0.381 e. The van der Waals surface area contributed by atoms with Gasteiger partial charge in [0, 0.05) is 29.3 Å². The van der Waals surface area contributed by atoms with Gasteiger partial charge >= 0.3 is 0 Å². The summed E-state index contributed by atoms with van der Waals surface area (Å²) >= 11 is 3.42. The van der Waals surface area contributed by atoms with Crippen molar-refractivity contribution in [2.75, 3.05) is 12.4 Å². The molecule has 0 aliphatic carbocycles. The van der Waals surface area contributed by atoms with Gasteiger partial charge in [-0.25, -0.2) is 0 Å². The van der Waals surface area contributed by atoms with Crippen LogP contribution in [0.15, 0.2) is 46.9 Å². The molecule has 0 radical (unpaired) electrons. The number of hydrogen-bond acceptors (Lipinski definition) is 2. The topological polar surface area (TPSA) is 41.1 Å². The minimum Gasteiger partial charge on any atom is -0.381 e. The van der Waals surface area contributed by atoms with Crippen molar-refractivity contribution in [3.05, 3.63) is 63.6 Å². The van der Waals surface area contributed by atoms with E-state index in [1.54, 1.807) is 7.05 Å². The summed E-state index contributed by atoms with van der Waals surface area (Å²) in [5.41, 5.74) is 3.96. The highest BCUT2D eigenvalue weighted by Crippen LogP contribution is 2.18. The Hall–Kier alpha value is -1.81. The molecule has 20 heavy (non-hydrogen) atoms. The van der Waals surface area contributed by atoms with Gasteiger partial charge in [0.25, 0.3) is 5.91 Å². The van der Waals surface area contributed by atoms with Crippen LogP contribution in [0, 0.1) is 6.92 Å². The van der Waals surface area contributed by atoms with Gasteiger partial charge in [-0.3, -0.25) is 4.79 Å². The summed E-state index contributed by atoms with van der Waals surface area (Å²) in [6.07, 6.45) is 0. The molecule has 0 aliphatic heterocycles. The molecule has 0 atom stereocenters. The summed E-state index contributed by atoms with van der Waals surface area (Å²) < 4.78 is 1.07. The van der Waals surface area contributed by atoms with Crippen LogP contribution in [0.2, 0.25) is 0 Å². The number of hydrogen-bond donors (Lipinski definition) is 2. The highest BCUT2D eigenvalue weighted by molar-refractivity contribution is 9.10. The number of aryl methyl sites for hydroxylation is 1. The number of amides is 1. The van der Waals surface area contributed by atoms with Gasteiger partial charge in [0.15, 0.2) is 0 Å². The maximum absolute atomic E-state index is 11.6. The van der Waals surface area contributed by atoms with Crippen molar-refractivity contribution in [3.63, 3.8) is 0 Å². The van der Waals surface area contributed by atoms with Crippen LogP contribution in [-0.4, -0.2) is 13.0 Å². The molecule has 0 unspecified atom stereocenters. The van der Waals surface area contributed by atoms with Gasteiger partial charge in [-0.1, -0.05) is 34.1 Å². The molecule has 0 bridgehead atoms. The summed E-state index contributed by atoms with van der Waals surface area (Å²) in [5, 5.41) is 6.01. The molecule has 0 saturated carbocycles. The third kappa shape index (κ3) is 3.61. The molecule has 0 aliphatic rings. The number of carbonyl (C=O) groups excluding carboxylic acids is 1. The number of rotatable bonds is 4. The fourth-order valence-electron chi connectivity index (χ4n) is 1.90. The van der Waals surface area contributed by atoms with Crippen LogP contribution < -0.4 is 10.6 Å². The molecule has 4 heteroatoms. The fourth-order valence-corrected chi connectivity index (χ4v) is 2.16. The number of nitrogens with one attached hydrogen (secondary N) is 2. The third-order valence-electron chi connectivity index (χ3n) is 3.12. The molecule has 2 aromatic carbocycles. The molecule has 104 valence electrons. The number of carbonyl (C=O) groups is 1. The zero-order valence-electron chi connectivity index (χ0n) is 11.5. The molecule has 2 aromatic rings. The molecule has 2 N–H and O–H groups in total. The van der Waals surface area contributed by atoms with E-state index >= 15 is 0 Å². The summed E-state index contributed by atoms with van der Waals surface area (Å²) in [6.45, 7) is 2.75. The third-order valence-corrected chi connectivity index (χ3v) is 3.65.